The number of carbonyl (C=O) groups is 1. The fraction of sp³-hybridized carbons (Fsp3) is 0.158. The second kappa shape index (κ2) is 7.10. The molecule has 1 amide bonds. The molecule has 1 atom stereocenters. The molecule has 1 unspecified atom stereocenters. The molecule has 0 aliphatic rings. The first-order valence-corrected chi connectivity index (χ1v) is 7.63. The Bertz CT molecular complexity index is 859. The highest BCUT2D eigenvalue weighted by Crippen LogP contribution is 2.19. The Hall–Kier alpha value is -2.92. The summed E-state index contributed by atoms with van der Waals surface area (Å²) in [6, 6.07) is 16.6. The first-order chi connectivity index (χ1) is 11.7. The number of aliphatic hydroxyl groups excluding tert-OH is 1. The van der Waals surface area contributed by atoms with Crippen LogP contribution in [0.2, 0.25) is 0 Å². The van der Waals surface area contributed by atoms with Crippen molar-refractivity contribution in [2.45, 2.75) is 6.10 Å². The van der Waals surface area contributed by atoms with Crippen molar-refractivity contribution in [3.63, 3.8) is 0 Å². The first-order valence-electron chi connectivity index (χ1n) is 7.63. The minimum absolute atomic E-state index is 0.0941. The number of rotatable bonds is 5. The quantitative estimate of drug-likeness (QED) is 0.757. The van der Waals surface area contributed by atoms with E-state index in [-0.39, 0.29) is 12.5 Å². The lowest BCUT2D eigenvalue weighted by Gasteiger charge is -2.13. The molecule has 3 aromatic rings. The number of hydrogen-bond acceptors (Lipinski definition) is 4. The molecule has 1 heterocycles. The number of nitrogens with one attached hydrogen (secondary N) is 1. The van der Waals surface area contributed by atoms with Gasteiger partial charge in [-0.2, -0.15) is 0 Å². The fourth-order valence-corrected chi connectivity index (χ4v) is 2.54. The molecule has 5 nitrogen and oxygen atoms in total. The summed E-state index contributed by atoms with van der Waals surface area (Å²) in [7, 11) is 1.57. The average Bonchev–Trinajstić information content (AvgIpc) is 2.65. The largest absolute Gasteiger partial charge is 0.497 e. The lowest BCUT2D eigenvalue weighted by atomic mass is 10.1. The fourth-order valence-electron chi connectivity index (χ4n) is 2.54. The van der Waals surface area contributed by atoms with Crippen LogP contribution in [0.25, 0.3) is 10.8 Å². The van der Waals surface area contributed by atoms with Gasteiger partial charge in [0, 0.05) is 18.1 Å². The van der Waals surface area contributed by atoms with E-state index in [9.17, 15) is 9.90 Å². The predicted molar refractivity (Wildman–Crippen MR) is 92.0 cm³/mol. The molecule has 3 rings (SSSR count). The van der Waals surface area contributed by atoms with Gasteiger partial charge in [0.2, 0.25) is 0 Å². The van der Waals surface area contributed by atoms with Crippen LogP contribution < -0.4 is 10.1 Å². The highest BCUT2D eigenvalue weighted by Gasteiger charge is 2.14. The van der Waals surface area contributed by atoms with E-state index in [2.05, 4.69) is 10.3 Å². The van der Waals surface area contributed by atoms with Gasteiger partial charge >= 0.3 is 0 Å². The summed E-state index contributed by atoms with van der Waals surface area (Å²) >= 11 is 0. The predicted octanol–water partition coefficient (Wildman–Crippen LogP) is 2.71. The Labute approximate surface area is 139 Å². The molecule has 0 aliphatic heterocycles. The third kappa shape index (κ3) is 3.36. The summed E-state index contributed by atoms with van der Waals surface area (Å²) in [5.41, 5.74) is 1.03. The lowest BCUT2D eigenvalue weighted by Crippen LogP contribution is -2.29. The van der Waals surface area contributed by atoms with Crippen molar-refractivity contribution >= 4 is 16.7 Å². The zero-order chi connectivity index (χ0) is 16.9. The second-order valence-electron chi connectivity index (χ2n) is 5.38. The summed E-state index contributed by atoms with van der Waals surface area (Å²) in [4.78, 5) is 16.6. The number of fused-ring (bicyclic) bond motifs is 1. The molecule has 24 heavy (non-hydrogen) atoms. The molecule has 1 aromatic heterocycles. The van der Waals surface area contributed by atoms with E-state index in [1.165, 1.54) is 0 Å². The molecule has 0 saturated carbocycles. The topological polar surface area (TPSA) is 71.5 Å². The highest BCUT2D eigenvalue weighted by atomic mass is 16.5. The number of benzene rings is 2. The van der Waals surface area contributed by atoms with Crippen molar-refractivity contribution in [3.05, 3.63) is 72.1 Å². The molecule has 0 aliphatic carbocycles. The Morgan fingerprint density at radius 2 is 2.04 bits per heavy atom. The molecular formula is C19H18N2O3. The van der Waals surface area contributed by atoms with Crippen LogP contribution in [-0.2, 0) is 0 Å². The molecule has 5 heteroatoms. The Kier molecular flexibility index (Phi) is 4.72. The van der Waals surface area contributed by atoms with Crippen molar-refractivity contribution in [2.75, 3.05) is 13.7 Å². The van der Waals surface area contributed by atoms with Crippen LogP contribution in [0.4, 0.5) is 0 Å². The Morgan fingerprint density at radius 1 is 1.21 bits per heavy atom. The summed E-state index contributed by atoms with van der Waals surface area (Å²) in [6.07, 6.45) is 0.787. The number of ether oxygens (including phenoxy) is 1. The van der Waals surface area contributed by atoms with Gasteiger partial charge < -0.3 is 15.2 Å². The van der Waals surface area contributed by atoms with Crippen LogP contribution in [0.15, 0.2) is 60.8 Å². The lowest BCUT2D eigenvalue weighted by molar-refractivity contribution is 0.0913. The molecule has 0 fully saturated rings. The van der Waals surface area contributed by atoms with Crippen molar-refractivity contribution in [2.24, 2.45) is 0 Å². The maximum Gasteiger partial charge on any atom is 0.270 e. The highest BCUT2D eigenvalue weighted by molar-refractivity contribution is 6.05. The van der Waals surface area contributed by atoms with Crippen LogP contribution in [0.3, 0.4) is 0 Å². The number of hydrogen-bond donors (Lipinski definition) is 2. The first kappa shape index (κ1) is 16.0. The summed E-state index contributed by atoms with van der Waals surface area (Å²) in [6.45, 7) is 0.0941. The van der Waals surface area contributed by atoms with E-state index in [4.69, 9.17) is 4.74 Å². The van der Waals surface area contributed by atoms with E-state index < -0.39 is 6.10 Å². The van der Waals surface area contributed by atoms with Crippen molar-refractivity contribution in [3.8, 4) is 5.75 Å². The van der Waals surface area contributed by atoms with Gasteiger partial charge in [-0.15, -0.1) is 0 Å². The number of carbonyl (C=O) groups excluding carboxylic acids is 1. The Balaban J connectivity index is 1.72. The summed E-state index contributed by atoms with van der Waals surface area (Å²) in [5, 5.41) is 14.7. The van der Waals surface area contributed by atoms with Crippen LogP contribution in [0, 0.1) is 0 Å². The van der Waals surface area contributed by atoms with E-state index in [0.29, 0.717) is 17.0 Å². The normalized spacial score (nSPS) is 11.9. The molecule has 0 saturated heterocycles. The molecule has 2 N–H and O–H groups in total. The van der Waals surface area contributed by atoms with Crippen LogP contribution in [-0.4, -0.2) is 29.7 Å². The molecule has 2 aromatic carbocycles. The Morgan fingerprint density at radius 3 is 2.88 bits per heavy atom. The molecule has 0 radical (unpaired) electrons. The van der Waals surface area contributed by atoms with Crippen LogP contribution in [0.1, 0.15) is 22.2 Å². The molecule has 122 valence electrons. The smallest absolute Gasteiger partial charge is 0.270 e. The van der Waals surface area contributed by atoms with Gasteiger partial charge in [-0.25, -0.2) is 0 Å². The van der Waals surface area contributed by atoms with Crippen molar-refractivity contribution < 1.29 is 14.6 Å². The van der Waals surface area contributed by atoms with Gasteiger partial charge in [0.1, 0.15) is 11.4 Å². The van der Waals surface area contributed by atoms with Crippen molar-refractivity contribution in [1.29, 1.82) is 0 Å². The van der Waals surface area contributed by atoms with Crippen molar-refractivity contribution in [1.82, 2.24) is 10.3 Å². The van der Waals surface area contributed by atoms with Gasteiger partial charge in [0.05, 0.1) is 13.2 Å². The minimum Gasteiger partial charge on any atom is -0.497 e. The maximum absolute atomic E-state index is 12.4. The van der Waals surface area contributed by atoms with Gasteiger partial charge in [-0.1, -0.05) is 36.4 Å². The minimum atomic E-state index is -0.820. The number of nitrogens with zero attached hydrogens (tertiary/aromatic N) is 1. The summed E-state index contributed by atoms with van der Waals surface area (Å²) in [5.74, 6) is 0.349. The van der Waals surface area contributed by atoms with E-state index in [1.54, 1.807) is 37.6 Å². The second-order valence-corrected chi connectivity index (χ2v) is 5.38. The van der Waals surface area contributed by atoms with Gasteiger partial charge in [0.25, 0.3) is 5.91 Å². The standard InChI is InChI=1S/C19H18N2O3/c1-24-15-7-4-6-14(11-15)17(22)12-21-19(23)18-16-8-3-2-5-13(16)9-10-20-18/h2-11,17,22H,12H2,1H3,(H,21,23). The number of amides is 1. The zero-order valence-corrected chi connectivity index (χ0v) is 13.3. The number of methoxy groups -OCH3 is 1. The van der Waals surface area contributed by atoms with Gasteiger partial charge in [0.15, 0.2) is 0 Å². The van der Waals surface area contributed by atoms with Crippen LogP contribution >= 0.6 is 0 Å². The molecular weight excluding hydrogens is 304 g/mol. The number of pyridine rings is 1. The third-order valence-corrected chi connectivity index (χ3v) is 3.82. The average molecular weight is 322 g/mol. The molecule has 0 bridgehead atoms. The molecule has 0 spiro atoms. The van der Waals surface area contributed by atoms with Gasteiger partial charge in [-0.3, -0.25) is 9.78 Å². The number of aliphatic hydroxyl groups is 1. The SMILES string of the molecule is COc1cccc(C(O)CNC(=O)c2nccc3ccccc23)c1. The zero-order valence-electron chi connectivity index (χ0n) is 13.3. The third-order valence-electron chi connectivity index (χ3n) is 3.82. The monoisotopic (exact) mass is 322 g/mol. The van der Waals surface area contributed by atoms with E-state index in [0.717, 1.165) is 10.8 Å². The van der Waals surface area contributed by atoms with Gasteiger partial charge in [-0.05, 0) is 29.1 Å². The maximum atomic E-state index is 12.4. The van der Waals surface area contributed by atoms with E-state index >= 15 is 0 Å². The summed E-state index contributed by atoms with van der Waals surface area (Å²) < 4.78 is 5.14. The van der Waals surface area contributed by atoms with E-state index in [1.807, 2.05) is 30.3 Å². The van der Waals surface area contributed by atoms with Crippen LogP contribution in [0.5, 0.6) is 5.75 Å². The number of aromatic nitrogens is 1.